The lowest BCUT2D eigenvalue weighted by atomic mass is 9.95. The Bertz CT molecular complexity index is 1370. The molecule has 0 radical (unpaired) electrons. The predicted octanol–water partition coefficient (Wildman–Crippen LogP) is 6.96. The molecule has 5 heteroatoms. The van der Waals surface area contributed by atoms with Crippen LogP contribution in [0.2, 0.25) is 0 Å². The van der Waals surface area contributed by atoms with Crippen molar-refractivity contribution in [3.63, 3.8) is 0 Å². The minimum atomic E-state index is -0.330. The van der Waals surface area contributed by atoms with Crippen LogP contribution in [-0.4, -0.2) is 10.7 Å². The van der Waals surface area contributed by atoms with E-state index in [0.717, 1.165) is 45.9 Å². The monoisotopic (exact) mass is 464 g/mol. The van der Waals surface area contributed by atoms with Crippen molar-refractivity contribution >= 4 is 5.71 Å². The van der Waals surface area contributed by atoms with Gasteiger partial charge in [0.2, 0.25) is 6.23 Å². The van der Waals surface area contributed by atoms with Gasteiger partial charge in [0.1, 0.15) is 23.9 Å². The molecule has 0 aliphatic carbocycles. The van der Waals surface area contributed by atoms with Crippen LogP contribution in [0.15, 0.2) is 102 Å². The number of rotatable bonds is 5. The average Bonchev–Trinajstić information content (AvgIpc) is 3.34. The zero-order chi connectivity index (χ0) is 23.8. The Balaban J connectivity index is 1.26. The SMILES string of the molecule is Cc1ccc(C2=NN3[C@H](C2)c2ccccc2O[C@H]3c2ccc(OCc3ccc(F)cc3)cc2)cc1. The largest absolute Gasteiger partial charge is 0.489 e. The van der Waals surface area contributed by atoms with Crippen molar-refractivity contribution in [2.75, 3.05) is 0 Å². The lowest BCUT2D eigenvalue weighted by molar-refractivity contribution is -0.0190. The molecule has 2 aliphatic heterocycles. The van der Waals surface area contributed by atoms with Gasteiger partial charge in [-0.05, 0) is 60.5 Å². The van der Waals surface area contributed by atoms with E-state index in [0.29, 0.717) is 6.61 Å². The molecule has 0 bridgehead atoms. The maximum absolute atomic E-state index is 13.1. The zero-order valence-corrected chi connectivity index (χ0v) is 19.4. The van der Waals surface area contributed by atoms with Crippen LogP contribution in [-0.2, 0) is 6.61 Å². The Morgan fingerprint density at radius 2 is 1.66 bits per heavy atom. The number of aryl methyl sites for hydroxylation is 1. The number of benzene rings is 4. The van der Waals surface area contributed by atoms with Crippen molar-refractivity contribution < 1.29 is 13.9 Å². The molecule has 0 saturated carbocycles. The van der Waals surface area contributed by atoms with E-state index in [1.807, 2.05) is 36.4 Å². The minimum absolute atomic E-state index is 0.121. The van der Waals surface area contributed by atoms with Crippen molar-refractivity contribution in [3.8, 4) is 11.5 Å². The smallest absolute Gasteiger partial charge is 0.213 e. The van der Waals surface area contributed by atoms with Gasteiger partial charge in [-0.1, -0.05) is 60.2 Å². The number of halogens is 1. The molecule has 4 aromatic carbocycles. The lowest BCUT2D eigenvalue weighted by Crippen LogP contribution is -2.33. The highest BCUT2D eigenvalue weighted by Gasteiger charge is 2.40. The van der Waals surface area contributed by atoms with Gasteiger partial charge in [0, 0.05) is 17.5 Å². The summed E-state index contributed by atoms with van der Waals surface area (Å²) in [5.41, 5.74) is 6.53. The molecule has 6 rings (SSSR count). The predicted molar refractivity (Wildman–Crippen MR) is 134 cm³/mol. The first-order chi connectivity index (χ1) is 17.1. The van der Waals surface area contributed by atoms with Crippen LogP contribution in [0.1, 0.15) is 46.5 Å². The fourth-order valence-corrected chi connectivity index (χ4v) is 4.65. The third-order valence-corrected chi connectivity index (χ3v) is 6.57. The van der Waals surface area contributed by atoms with Crippen LogP contribution in [0.4, 0.5) is 4.39 Å². The second kappa shape index (κ2) is 8.91. The summed E-state index contributed by atoms with van der Waals surface area (Å²) in [6.45, 7) is 2.47. The van der Waals surface area contributed by atoms with Crippen LogP contribution in [0.5, 0.6) is 11.5 Å². The molecule has 0 aromatic heterocycles. The maximum Gasteiger partial charge on any atom is 0.213 e. The molecule has 2 heterocycles. The minimum Gasteiger partial charge on any atom is -0.489 e. The normalized spacial score (nSPS) is 18.3. The van der Waals surface area contributed by atoms with Gasteiger partial charge in [-0.25, -0.2) is 9.40 Å². The molecule has 2 aliphatic rings. The van der Waals surface area contributed by atoms with Gasteiger partial charge in [0.05, 0.1) is 11.8 Å². The maximum atomic E-state index is 13.1. The summed E-state index contributed by atoms with van der Waals surface area (Å²) >= 11 is 0. The van der Waals surface area contributed by atoms with Crippen molar-refractivity contribution in [3.05, 3.63) is 131 Å². The zero-order valence-electron chi connectivity index (χ0n) is 19.4. The fraction of sp³-hybridized carbons (Fsp3) is 0.167. The van der Waals surface area contributed by atoms with Gasteiger partial charge in [0.15, 0.2) is 0 Å². The van der Waals surface area contributed by atoms with Crippen LogP contribution in [0, 0.1) is 12.7 Å². The topological polar surface area (TPSA) is 34.1 Å². The number of ether oxygens (including phenoxy) is 2. The van der Waals surface area contributed by atoms with Crippen LogP contribution in [0.25, 0.3) is 0 Å². The Morgan fingerprint density at radius 1 is 0.914 bits per heavy atom. The molecule has 0 fully saturated rings. The highest BCUT2D eigenvalue weighted by atomic mass is 19.1. The highest BCUT2D eigenvalue weighted by molar-refractivity contribution is 6.02. The molecule has 0 spiro atoms. The summed E-state index contributed by atoms with van der Waals surface area (Å²) in [7, 11) is 0. The van der Waals surface area contributed by atoms with E-state index in [4.69, 9.17) is 14.6 Å². The summed E-state index contributed by atoms with van der Waals surface area (Å²) in [5, 5.41) is 7.12. The molecular weight excluding hydrogens is 439 g/mol. The lowest BCUT2D eigenvalue weighted by Gasteiger charge is -2.38. The summed E-state index contributed by atoms with van der Waals surface area (Å²) in [6, 6.07) is 31.2. The standard InChI is InChI=1S/C30H25FN2O2/c1-20-6-10-22(11-7-20)27-18-28-26-4-2-3-5-29(26)35-30(33(28)32-27)23-12-16-25(17-13-23)34-19-21-8-14-24(31)15-9-21/h2-17,28,30H,18-19H2,1H3/t28-,30+/m1/s1. The number of hydrazone groups is 1. The quantitative estimate of drug-likeness (QED) is 0.320. The van der Waals surface area contributed by atoms with E-state index >= 15 is 0 Å². The molecule has 0 N–H and O–H groups in total. The first-order valence-electron chi connectivity index (χ1n) is 11.8. The molecule has 2 atom stereocenters. The van der Waals surface area contributed by atoms with Crippen molar-refractivity contribution in [2.24, 2.45) is 5.10 Å². The van der Waals surface area contributed by atoms with E-state index in [-0.39, 0.29) is 18.1 Å². The summed E-state index contributed by atoms with van der Waals surface area (Å²) in [6.07, 6.45) is 0.503. The van der Waals surface area contributed by atoms with Crippen molar-refractivity contribution in [1.82, 2.24) is 5.01 Å². The first kappa shape index (κ1) is 21.4. The van der Waals surface area contributed by atoms with Gasteiger partial charge in [-0.2, -0.15) is 5.10 Å². The molecule has 174 valence electrons. The van der Waals surface area contributed by atoms with Gasteiger partial charge in [-0.15, -0.1) is 0 Å². The molecule has 0 unspecified atom stereocenters. The molecule has 0 saturated heterocycles. The number of nitrogens with zero attached hydrogens (tertiary/aromatic N) is 2. The first-order valence-corrected chi connectivity index (χ1v) is 11.8. The van der Waals surface area contributed by atoms with E-state index in [1.165, 1.54) is 17.7 Å². The van der Waals surface area contributed by atoms with Crippen molar-refractivity contribution in [2.45, 2.75) is 32.2 Å². The number of para-hydroxylation sites is 1. The van der Waals surface area contributed by atoms with Crippen LogP contribution in [0.3, 0.4) is 0 Å². The molecule has 4 nitrogen and oxygen atoms in total. The van der Waals surface area contributed by atoms with Gasteiger partial charge >= 0.3 is 0 Å². The third-order valence-electron chi connectivity index (χ3n) is 6.57. The molecule has 4 aromatic rings. The Labute approximate surface area is 204 Å². The highest BCUT2D eigenvalue weighted by Crippen LogP contribution is 2.47. The average molecular weight is 465 g/mol. The van der Waals surface area contributed by atoms with Crippen LogP contribution >= 0.6 is 0 Å². The number of hydrogen-bond acceptors (Lipinski definition) is 4. The second-order valence-corrected chi connectivity index (χ2v) is 9.00. The Hall–Kier alpha value is -4.12. The van der Waals surface area contributed by atoms with Gasteiger partial charge < -0.3 is 9.47 Å². The van der Waals surface area contributed by atoms with E-state index in [9.17, 15) is 4.39 Å². The van der Waals surface area contributed by atoms with Crippen molar-refractivity contribution in [1.29, 1.82) is 0 Å². The molecule has 35 heavy (non-hydrogen) atoms. The third kappa shape index (κ3) is 4.26. The molecular formula is C30H25FN2O2. The van der Waals surface area contributed by atoms with E-state index in [2.05, 4.69) is 48.3 Å². The summed E-state index contributed by atoms with van der Waals surface area (Å²) in [4.78, 5) is 0. The summed E-state index contributed by atoms with van der Waals surface area (Å²) in [5.74, 6) is 1.40. The number of fused-ring (bicyclic) bond motifs is 3. The van der Waals surface area contributed by atoms with Gasteiger partial charge in [-0.3, -0.25) is 0 Å². The Kier molecular flexibility index (Phi) is 5.45. The van der Waals surface area contributed by atoms with E-state index < -0.39 is 0 Å². The van der Waals surface area contributed by atoms with E-state index in [1.54, 1.807) is 12.1 Å². The Morgan fingerprint density at radius 3 is 2.43 bits per heavy atom. The van der Waals surface area contributed by atoms with Gasteiger partial charge in [0.25, 0.3) is 0 Å². The fourth-order valence-electron chi connectivity index (χ4n) is 4.65. The summed E-state index contributed by atoms with van der Waals surface area (Å²) < 4.78 is 25.5. The number of hydrogen-bond donors (Lipinski definition) is 0. The molecule has 0 amide bonds. The van der Waals surface area contributed by atoms with Crippen LogP contribution < -0.4 is 9.47 Å². The second-order valence-electron chi connectivity index (χ2n) is 9.00.